The first-order chi connectivity index (χ1) is 12.5. The molecule has 0 bridgehead atoms. The Kier molecular flexibility index (Phi) is 6.04. The second-order valence-corrected chi connectivity index (χ2v) is 7.63. The fourth-order valence-electron chi connectivity index (χ4n) is 3.58. The molecule has 4 nitrogen and oxygen atoms in total. The summed E-state index contributed by atoms with van der Waals surface area (Å²) in [5.41, 5.74) is 3.40. The highest BCUT2D eigenvalue weighted by molar-refractivity contribution is 5.94. The van der Waals surface area contributed by atoms with E-state index in [1.54, 1.807) is 0 Å². The van der Waals surface area contributed by atoms with E-state index in [9.17, 15) is 4.79 Å². The molecule has 0 unspecified atom stereocenters. The Labute approximate surface area is 156 Å². The molecular formula is C22H29N3O. The molecule has 0 saturated carbocycles. The zero-order valence-electron chi connectivity index (χ0n) is 16.1. The zero-order chi connectivity index (χ0) is 18.5. The van der Waals surface area contributed by atoms with Crippen molar-refractivity contribution in [3.8, 4) is 0 Å². The van der Waals surface area contributed by atoms with E-state index in [-0.39, 0.29) is 5.91 Å². The average molecular weight is 351 g/mol. The Morgan fingerprint density at radius 2 is 1.62 bits per heavy atom. The molecule has 3 rings (SSSR count). The van der Waals surface area contributed by atoms with Crippen molar-refractivity contribution < 1.29 is 4.79 Å². The van der Waals surface area contributed by atoms with Gasteiger partial charge in [-0.1, -0.05) is 26.0 Å². The van der Waals surface area contributed by atoms with Crippen LogP contribution in [0, 0.1) is 5.92 Å². The molecule has 1 saturated heterocycles. The molecule has 0 spiro atoms. The van der Waals surface area contributed by atoms with E-state index in [0.717, 1.165) is 38.2 Å². The van der Waals surface area contributed by atoms with Gasteiger partial charge in [0.2, 0.25) is 0 Å². The first-order valence-electron chi connectivity index (χ1n) is 9.51. The smallest absolute Gasteiger partial charge is 0.253 e. The highest BCUT2D eigenvalue weighted by Crippen LogP contribution is 2.28. The van der Waals surface area contributed by atoms with Crippen molar-refractivity contribution in [3.63, 3.8) is 0 Å². The van der Waals surface area contributed by atoms with Crippen LogP contribution >= 0.6 is 0 Å². The van der Waals surface area contributed by atoms with Crippen LogP contribution in [0.1, 0.15) is 41.3 Å². The van der Waals surface area contributed by atoms with Crippen molar-refractivity contribution in [1.29, 1.82) is 0 Å². The summed E-state index contributed by atoms with van der Waals surface area (Å²) >= 11 is 0. The lowest BCUT2D eigenvalue weighted by molar-refractivity contribution is 0.0664. The molecule has 1 aromatic carbocycles. The van der Waals surface area contributed by atoms with Gasteiger partial charge in [0.1, 0.15) is 0 Å². The number of amides is 1. The molecule has 1 fully saturated rings. The van der Waals surface area contributed by atoms with Crippen molar-refractivity contribution in [1.82, 2.24) is 14.8 Å². The van der Waals surface area contributed by atoms with E-state index in [4.69, 9.17) is 0 Å². The molecule has 1 amide bonds. The lowest BCUT2D eigenvalue weighted by atomic mass is 9.83. The second-order valence-electron chi connectivity index (χ2n) is 7.63. The molecule has 1 aromatic heterocycles. The Hall–Kier alpha value is -2.20. The molecule has 138 valence electrons. The van der Waals surface area contributed by atoms with Gasteiger partial charge in [0.25, 0.3) is 5.91 Å². The van der Waals surface area contributed by atoms with Crippen LogP contribution in [0.2, 0.25) is 0 Å². The maximum atomic E-state index is 12.7. The number of hydrogen-bond acceptors (Lipinski definition) is 3. The van der Waals surface area contributed by atoms with Crippen LogP contribution in [0.5, 0.6) is 0 Å². The highest BCUT2D eigenvalue weighted by atomic mass is 16.2. The van der Waals surface area contributed by atoms with Crippen molar-refractivity contribution in [2.24, 2.45) is 5.92 Å². The van der Waals surface area contributed by atoms with Gasteiger partial charge in [0.05, 0.1) is 0 Å². The van der Waals surface area contributed by atoms with Crippen LogP contribution in [0.4, 0.5) is 0 Å². The summed E-state index contributed by atoms with van der Waals surface area (Å²) in [5, 5.41) is 0. The number of carbonyl (C=O) groups excluding carboxylic acids is 1. The first-order valence-corrected chi connectivity index (χ1v) is 9.51. The van der Waals surface area contributed by atoms with Gasteiger partial charge in [0.15, 0.2) is 0 Å². The summed E-state index contributed by atoms with van der Waals surface area (Å²) < 4.78 is 0. The Bertz CT molecular complexity index is 704. The summed E-state index contributed by atoms with van der Waals surface area (Å²) in [5.74, 6) is 1.12. The SMILES string of the molecule is CC(C)[C@H](Cc1ccncc1)c1ccc(C(=O)N2CCN(C)CC2)cc1. The number of pyridine rings is 1. The number of carbonyl (C=O) groups is 1. The summed E-state index contributed by atoms with van der Waals surface area (Å²) in [6, 6.07) is 12.4. The predicted molar refractivity (Wildman–Crippen MR) is 105 cm³/mol. The molecule has 1 aliphatic heterocycles. The Morgan fingerprint density at radius 1 is 1.00 bits per heavy atom. The Morgan fingerprint density at radius 3 is 2.19 bits per heavy atom. The third-order valence-corrected chi connectivity index (χ3v) is 5.39. The van der Waals surface area contributed by atoms with E-state index in [1.165, 1.54) is 11.1 Å². The summed E-state index contributed by atoms with van der Waals surface area (Å²) in [6.45, 7) is 8.04. The summed E-state index contributed by atoms with van der Waals surface area (Å²) in [4.78, 5) is 21.0. The van der Waals surface area contributed by atoms with Crippen LogP contribution in [0.25, 0.3) is 0 Å². The van der Waals surface area contributed by atoms with Gasteiger partial charge in [-0.3, -0.25) is 9.78 Å². The molecule has 0 aliphatic carbocycles. The van der Waals surface area contributed by atoms with Crippen molar-refractivity contribution in [2.45, 2.75) is 26.2 Å². The van der Waals surface area contributed by atoms with Crippen molar-refractivity contribution in [3.05, 3.63) is 65.5 Å². The van der Waals surface area contributed by atoms with Crippen LogP contribution in [0.15, 0.2) is 48.8 Å². The molecular weight excluding hydrogens is 322 g/mol. The van der Waals surface area contributed by atoms with Gasteiger partial charge >= 0.3 is 0 Å². The predicted octanol–water partition coefficient (Wildman–Crippen LogP) is 3.45. The molecule has 4 heteroatoms. The van der Waals surface area contributed by atoms with Gasteiger partial charge in [-0.05, 0) is 60.7 Å². The minimum atomic E-state index is 0.153. The standard InChI is InChI=1S/C22H29N3O/c1-17(2)21(16-18-8-10-23-11-9-18)19-4-6-20(7-5-19)22(26)25-14-12-24(3)13-15-25/h4-11,17,21H,12-16H2,1-3H3/t21-/m0/s1. The van der Waals surface area contributed by atoms with E-state index >= 15 is 0 Å². The van der Waals surface area contributed by atoms with E-state index in [0.29, 0.717) is 11.8 Å². The van der Waals surface area contributed by atoms with Gasteiger partial charge in [-0.25, -0.2) is 0 Å². The van der Waals surface area contributed by atoms with E-state index in [2.05, 4.69) is 55.0 Å². The second kappa shape index (κ2) is 8.45. The van der Waals surface area contributed by atoms with Crippen LogP contribution < -0.4 is 0 Å². The van der Waals surface area contributed by atoms with Gasteiger partial charge in [0, 0.05) is 44.1 Å². The maximum Gasteiger partial charge on any atom is 0.253 e. The van der Waals surface area contributed by atoms with Gasteiger partial charge in [-0.2, -0.15) is 0 Å². The Balaban J connectivity index is 1.71. The van der Waals surface area contributed by atoms with E-state index in [1.807, 2.05) is 29.4 Å². The lowest BCUT2D eigenvalue weighted by Gasteiger charge is -2.32. The third kappa shape index (κ3) is 4.50. The lowest BCUT2D eigenvalue weighted by Crippen LogP contribution is -2.47. The van der Waals surface area contributed by atoms with Crippen molar-refractivity contribution >= 4 is 5.91 Å². The third-order valence-electron chi connectivity index (χ3n) is 5.39. The van der Waals surface area contributed by atoms with Crippen molar-refractivity contribution in [2.75, 3.05) is 33.2 Å². The minimum absolute atomic E-state index is 0.153. The normalized spacial score (nSPS) is 16.7. The molecule has 26 heavy (non-hydrogen) atoms. The average Bonchev–Trinajstić information content (AvgIpc) is 2.67. The molecule has 0 N–H and O–H groups in total. The molecule has 1 aliphatic rings. The van der Waals surface area contributed by atoms with E-state index < -0.39 is 0 Å². The number of likely N-dealkylation sites (N-methyl/N-ethyl adjacent to an activating group) is 1. The number of rotatable bonds is 5. The fraction of sp³-hybridized carbons (Fsp3) is 0.455. The monoisotopic (exact) mass is 351 g/mol. The first kappa shape index (κ1) is 18.6. The molecule has 2 heterocycles. The molecule has 1 atom stereocenters. The zero-order valence-corrected chi connectivity index (χ0v) is 16.1. The molecule has 2 aromatic rings. The number of benzene rings is 1. The van der Waals surface area contributed by atoms with Crippen LogP contribution in [0.3, 0.4) is 0 Å². The number of hydrogen-bond donors (Lipinski definition) is 0. The topological polar surface area (TPSA) is 36.4 Å². The quantitative estimate of drug-likeness (QED) is 0.828. The van der Waals surface area contributed by atoms with Gasteiger partial charge in [-0.15, -0.1) is 0 Å². The summed E-state index contributed by atoms with van der Waals surface area (Å²) in [7, 11) is 2.10. The number of aromatic nitrogens is 1. The number of piperazine rings is 1. The maximum absolute atomic E-state index is 12.7. The van der Waals surface area contributed by atoms with Gasteiger partial charge < -0.3 is 9.80 Å². The van der Waals surface area contributed by atoms with Crippen LogP contribution in [-0.2, 0) is 6.42 Å². The highest BCUT2D eigenvalue weighted by Gasteiger charge is 2.21. The number of nitrogens with zero attached hydrogens (tertiary/aromatic N) is 3. The fourth-order valence-corrected chi connectivity index (χ4v) is 3.58. The summed E-state index contributed by atoms with van der Waals surface area (Å²) in [6.07, 6.45) is 4.70. The largest absolute Gasteiger partial charge is 0.336 e. The van der Waals surface area contributed by atoms with Crippen LogP contribution in [-0.4, -0.2) is 53.9 Å². The molecule has 0 radical (unpaired) electrons. The minimum Gasteiger partial charge on any atom is -0.336 e.